The van der Waals surface area contributed by atoms with Crippen LogP contribution in [0.4, 0.5) is 14.5 Å². The Bertz CT molecular complexity index is 618. The smallest absolute Gasteiger partial charge is 0.395 e. The molecule has 0 radical (unpaired) electrons. The molecule has 1 aromatic heterocycles. The Balaban J connectivity index is 1.70. The lowest BCUT2D eigenvalue weighted by Crippen LogP contribution is -2.25. The minimum atomic E-state index is -3.57. The van der Waals surface area contributed by atoms with E-state index in [-0.39, 0.29) is 11.5 Å². The van der Waals surface area contributed by atoms with Crippen molar-refractivity contribution < 1.29 is 18.3 Å². The number of anilines is 1. The lowest BCUT2D eigenvalue weighted by Gasteiger charge is -2.05. The summed E-state index contributed by atoms with van der Waals surface area (Å²) in [5.41, 5.74) is 0.699. The van der Waals surface area contributed by atoms with Crippen molar-refractivity contribution in [2.45, 2.75) is 12.8 Å². The van der Waals surface area contributed by atoms with Crippen molar-refractivity contribution in [3.8, 4) is 11.5 Å². The molecule has 0 aliphatic carbocycles. The molecule has 19 heavy (non-hydrogen) atoms. The second-order valence-corrected chi connectivity index (χ2v) is 6.44. The quantitative estimate of drug-likeness (QED) is 0.889. The third-order valence-corrected chi connectivity index (χ3v) is 4.12. The largest absolute Gasteiger partial charge is 0.586 e. The van der Waals surface area contributed by atoms with Crippen molar-refractivity contribution in [1.29, 1.82) is 0 Å². The summed E-state index contributed by atoms with van der Waals surface area (Å²) in [6.45, 7) is 0.617. The van der Waals surface area contributed by atoms with Crippen LogP contribution in [0.25, 0.3) is 0 Å². The Morgan fingerprint density at radius 1 is 1.16 bits per heavy atom. The predicted octanol–water partition coefficient (Wildman–Crippen LogP) is 4.44. The van der Waals surface area contributed by atoms with Crippen LogP contribution in [0.3, 0.4) is 0 Å². The molecule has 2 heterocycles. The Morgan fingerprint density at radius 2 is 1.95 bits per heavy atom. The highest BCUT2D eigenvalue weighted by Crippen LogP contribution is 2.42. The van der Waals surface area contributed by atoms with Crippen LogP contribution in [0.15, 0.2) is 34.1 Å². The van der Waals surface area contributed by atoms with Crippen molar-refractivity contribution in [3.63, 3.8) is 0 Å². The van der Waals surface area contributed by atoms with E-state index in [1.807, 2.05) is 12.1 Å². The fraction of sp³-hybridized carbons (Fsp3) is 0.167. The van der Waals surface area contributed by atoms with Crippen molar-refractivity contribution in [3.05, 3.63) is 39.0 Å². The molecule has 2 aromatic rings. The summed E-state index contributed by atoms with van der Waals surface area (Å²) in [7, 11) is 0. The normalized spacial score (nSPS) is 15.5. The van der Waals surface area contributed by atoms with Gasteiger partial charge in [0.2, 0.25) is 0 Å². The maximum Gasteiger partial charge on any atom is 0.586 e. The van der Waals surface area contributed by atoms with Gasteiger partial charge < -0.3 is 14.8 Å². The van der Waals surface area contributed by atoms with E-state index in [0.717, 1.165) is 8.66 Å². The van der Waals surface area contributed by atoms with Crippen molar-refractivity contribution in [2.24, 2.45) is 0 Å². The summed E-state index contributed by atoms with van der Waals surface area (Å²) < 4.78 is 35.5. The lowest BCUT2D eigenvalue weighted by atomic mass is 10.3. The summed E-state index contributed by atoms with van der Waals surface area (Å²) in [5, 5.41) is 3.14. The highest BCUT2D eigenvalue weighted by atomic mass is 79.9. The first kappa shape index (κ1) is 12.7. The van der Waals surface area contributed by atoms with Gasteiger partial charge in [0.1, 0.15) is 0 Å². The summed E-state index contributed by atoms with van der Waals surface area (Å²) >= 11 is 4.99. The summed E-state index contributed by atoms with van der Waals surface area (Å²) in [4.78, 5) is 1.13. The first-order valence-electron chi connectivity index (χ1n) is 5.40. The second-order valence-electron chi connectivity index (χ2n) is 3.89. The van der Waals surface area contributed by atoms with Crippen LogP contribution in [-0.2, 0) is 6.54 Å². The monoisotopic (exact) mass is 347 g/mol. The van der Waals surface area contributed by atoms with E-state index >= 15 is 0 Å². The number of benzene rings is 1. The molecule has 3 nitrogen and oxygen atoms in total. The number of hydrogen-bond acceptors (Lipinski definition) is 4. The van der Waals surface area contributed by atoms with Gasteiger partial charge in [-0.1, -0.05) is 0 Å². The molecule has 0 saturated heterocycles. The Morgan fingerprint density at radius 3 is 2.68 bits per heavy atom. The SMILES string of the molecule is FC1(F)Oc2ccc(NCc3ccc(Br)s3)cc2O1. The minimum Gasteiger partial charge on any atom is -0.395 e. The van der Waals surface area contributed by atoms with Crippen molar-refractivity contribution in [1.82, 2.24) is 0 Å². The summed E-state index contributed by atoms with van der Waals surface area (Å²) in [6, 6.07) is 8.58. The third-order valence-electron chi connectivity index (χ3n) is 2.50. The van der Waals surface area contributed by atoms with Crippen LogP contribution in [0.5, 0.6) is 11.5 Å². The Labute approximate surface area is 120 Å². The molecule has 0 saturated carbocycles. The van der Waals surface area contributed by atoms with Crippen LogP contribution >= 0.6 is 27.3 Å². The average Bonchev–Trinajstić information content (AvgIpc) is 2.87. The van der Waals surface area contributed by atoms with Crippen LogP contribution in [0, 0.1) is 0 Å². The van der Waals surface area contributed by atoms with Gasteiger partial charge in [-0.2, -0.15) is 0 Å². The second kappa shape index (κ2) is 4.64. The molecular formula is C12H8BrF2NO2S. The molecule has 0 amide bonds. The fourth-order valence-corrected chi connectivity index (χ4v) is 3.12. The number of fused-ring (bicyclic) bond motifs is 1. The van der Waals surface area contributed by atoms with E-state index in [1.165, 1.54) is 12.1 Å². The van der Waals surface area contributed by atoms with Crippen LogP contribution in [0.2, 0.25) is 0 Å². The van der Waals surface area contributed by atoms with Gasteiger partial charge in [-0.05, 0) is 40.2 Å². The number of thiophene rings is 1. The highest BCUT2D eigenvalue weighted by molar-refractivity contribution is 9.11. The van der Waals surface area contributed by atoms with E-state index in [1.54, 1.807) is 17.4 Å². The van der Waals surface area contributed by atoms with Gasteiger partial charge in [0.05, 0.1) is 3.79 Å². The van der Waals surface area contributed by atoms with E-state index in [2.05, 4.69) is 30.7 Å². The van der Waals surface area contributed by atoms with Gasteiger partial charge in [-0.3, -0.25) is 0 Å². The van der Waals surface area contributed by atoms with Gasteiger partial charge >= 0.3 is 6.29 Å². The standard InChI is InChI=1S/C12H8BrF2NO2S/c13-11-4-2-8(19-11)6-16-7-1-3-9-10(5-7)18-12(14,15)17-9/h1-5,16H,6H2. The molecule has 1 aromatic carbocycles. The van der Waals surface area contributed by atoms with Crippen molar-refractivity contribution >= 4 is 33.0 Å². The van der Waals surface area contributed by atoms with E-state index in [9.17, 15) is 8.78 Å². The van der Waals surface area contributed by atoms with Gasteiger partial charge in [0, 0.05) is 23.2 Å². The van der Waals surface area contributed by atoms with Gasteiger partial charge in [-0.15, -0.1) is 20.1 Å². The Kier molecular flexibility index (Phi) is 3.10. The van der Waals surface area contributed by atoms with Crippen LogP contribution in [-0.4, -0.2) is 6.29 Å². The molecule has 7 heteroatoms. The maximum atomic E-state index is 12.9. The topological polar surface area (TPSA) is 30.5 Å². The highest BCUT2D eigenvalue weighted by Gasteiger charge is 2.43. The molecule has 1 N–H and O–H groups in total. The molecular weight excluding hydrogens is 340 g/mol. The Hall–Kier alpha value is -1.34. The van der Waals surface area contributed by atoms with E-state index < -0.39 is 6.29 Å². The fourth-order valence-electron chi connectivity index (χ4n) is 1.69. The summed E-state index contributed by atoms with van der Waals surface area (Å²) in [6.07, 6.45) is -3.57. The first-order valence-corrected chi connectivity index (χ1v) is 7.01. The molecule has 100 valence electrons. The molecule has 0 fully saturated rings. The number of rotatable bonds is 3. The molecule has 1 aliphatic rings. The van der Waals surface area contributed by atoms with E-state index in [0.29, 0.717) is 12.2 Å². The molecule has 3 rings (SSSR count). The number of halogens is 3. The number of hydrogen-bond donors (Lipinski definition) is 1. The zero-order chi connectivity index (χ0) is 13.5. The lowest BCUT2D eigenvalue weighted by molar-refractivity contribution is -0.286. The number of nitrogens with one attached hydrogen (secondary N) is 1. The first-order chi connectivity index (χ1) is 9.02. The van der Waals surface area contributed by atoms with Crippen molar-refractivity contribution in [2.75, 3.05) is 5.32 Å². The minimum absolute atomic E-state index is 0.0439. The zero-order valence-electron chi connectivity index (χ0n) is 9.45. The maximum absolute atomic E-state index is 12.9. The molecule has 0 spiro atoms. The number of alkyl halides is 2. The molecule has 0 bridgehead atoms. The van der Waals surface area contributed by atoms with Gasteiger partial charge in [0.25, 0.3) is 0 Å². The molecule has 1 aliphatic heterocycles. The van der Waals surface area contributed by atoms with Crippen LogP contribution in [0.1, 0.15) is 4.88 Å². The summed E-state index contributed by atoms with van der Waals surface area (Å²) in [5.74, 6) is 0.0942. The van der Waals surface area contributed by atoms with Gasteiger partial charge in [-0.25, -0.2) is 0 Å². The number of ether oxygens (including phenoxy) is 2. The third kappa shape index (κ3) is 2.82. The average molecular weight is 348 g/mol. The zero-order valence-corrected chi connectivity index (χ0v) is 11.9. The molecule has 0 atom stereocenters. The van der Waals surface area contributed by atoms with Gasteiger partial charge in [0.15, 0.2) is 11.5 Å². The van der Waals surface area contributed by atoms with Crippen LogP contribution < -0.4 is 14.8 Å². The molecule has 0 unspecified atom stereocenters. The van der Waals surface area contributed by atoms with E-state index in [4.69, 9.17) is 0 Å². The predicted molar refractivity (Wildman–Crippen MR) is 72.0 cm³/mol.